The van der Waals surface area contributed by atoms with Crippen LogP contribution >= 0.6 is 11.8 Å². The van der Waals surface area contributed by atoms with Crippen molar-refractivity contribution in [2.75, 3.05) is 11.1 Å². The van der Waals surface area contributed by atoms with E-state index in [2.05, 4.69) is 20.8 Å². The molecule has 1 aromatic heterocycles. The van der Waals surface area contributed by atoms with E-state index in [-0.39, 0.29) is 17.3 Å². The molecule has 3 rings (SSSR count). The van der Waals surface area contributed by atoms with Gasteiger partial charge in [-0.15, -0.1) is 10.2 Å². The number of hydrogen-bond donors (Lipinski definition) is 3. The molecule has 0 saturated carbocycles. The molecule has 0 bridgehead atoms. The van der Waals surface area contributed by atoms with Crippen molar-refractivity contribution in [3.63, 3.8) is 0 Å². The maximum Gasteiger partial charge on any atom is 0.312 e. The number of benzene rings is 2. The van der Waals surface area contributed by atoms with E-state index < -0.39 is 28.3 Å². The number of nitrogens with zero attached hydrogens (tertiary/aromatic N) is 4. The molecule has 12 heteroatoms. The van der Waals surface area contributed by atoms with Crippen LogP contribution in [0.2, 0.25) is 0 Å². The summed E-state index contributed by atoms with van der Waals surface area (Å²) in [5.74, 6) is -0.637. The van der Waals surface area contributed by atoms with Crippen molar-refractivity contribution < 1.29 is 19.6 Å². The fraction of sp³-hybridized carbons (Fsp3) is 0.200. The molecule has 0 unspecified atom stereocenters. The SMILES string of the molecule is C[C@@H](NC(=O)c1ccccc1)c1nnc(SCC(=O)Nc2ccc(O)c([N+](=O)[O-])c2)n1C. The van der Waals surface area contributed by atoms with Crippen LogP contribution in [-0.2, 0) is 11.8 Å². The molecule has 32 heavy (non-hydrogen) atoms. The summed E-state index contributed by atoms with van der Waals surface area (Å²) in [5.41, 5.74) is 0.221. The van der Waals surface area contributed by atoms with Crippen LogP contribution in [0.25, 0.3) is 0 Å². The van der Waals surface area contributed by atoms with Gasteiger partial charge in [-0.2, -0.15) is 0 Å². The lowest BCUT2D eigenvalue weighted by molar-refractivity contribution is -0.385. The molecule has 0 aliphatic carbocycles. The minimum atomic E-state index is -0.738. The number of amides is 2. The van der Waals surface area contributed by atoms with Crippen LogP contribution in [0, 0.1) is 10.1 Å². The Morgan fingerprint density at radius 1 is 1.22 bits per heavy atom. The van der Waals surface area contributed by atoms with Gasteiger partial charge in [0, 0.05) is 24.4 Å². The Bertz CT molecular complexity index is 1150. The number of nitro groups is 1. The van der Waals surface area contributed by atoms with Crippen LogP contribution in [0.3, 0.4) is 0 Å². The Kier molecular flexibility index (Phi) is 7.05. The normalized spacial score (nSPS) is 11.6. The zero-order valence-electron chi connectivity index (χ0n) is 17.2. The average molecular weight is 456 g/mol. The van der Waals surface area contributed by atoms with Gasteiger partial charge in [0.15, 0.2) is 16.7 Å². The summed E-state index contributed by atoms with van der Waals surface area (Å²) in [4.78, 5) is 34.7. The Balaban J connectivity index is 1.58. The standard InChI is InChI=1S/C20H20N6O5S/c1-12(21-19(29)13-6-4-3-5-7-13)18-23-24-20(25(18)2)32-11-17(28)22-14-8-9-16(27)15(10-14)26(30)31/h3-10,12,27H,11H2,1-2H3,(H,21,29)(H,22,28)/t12-/m1/s1. The lowest BCUT2D eigenvalue weighted by atomic mass is 10.2. The summed E-state index contributed by atoms with van der Waals surface area (Å²) in [6.45, 7) is 1.78. The predicted molar refractivity (Wildman–Crippen MR) is 117 cm³/mol. The first-order valence-corrected chi connectivity index (χ1v) is 10.4. The maximum atomic E-state index is 12.3. The predicted octanol–water partition coefficient (Wildman–Crippen LogP) is 2.65. The van der Waals surface area contributed by atoms with Gasteiger partial charge in [0.05, 0.1) is 16.7 Å². The molecule has 0 fully saturated rings. The van der Waals surface area contributed by atoms with Crippen molar-refractivity contribution in [1.82, 2.24) is 20.1 Å². The fourth-order valence-corrected chi connectivity index (χ4v) is 3.56. The third-order valence-electron chi connectivity index (χ3n) is 4.43. The number of hydrogen-bond acceptors (Lipinski definition) is 8. The Hall–Kier alpha value is -3.93. The Labute approximate surface area is 187 Å². The van der Waals surface area contributed by atoms with Crippen molar-refractivity contribution in [2.45, 2.75) is 18.1 Å². The first kappa shape index (κ1) is 22.7. The molecule has 2 amide bonds. The second-order valence-electron chi connectivity index (χ2n) is 6.76. The van der Waals surface area contributed by atoms with Gasteiger partial charge in [-0.3, -0.25) is 19.7 Å². The van der Waals surface area contributed by atoms with Crippen LogP contribution in [0.1, 0.15) is 29.1 Å². The molecule has 11 nitrogen and oxygen atoms in total. The number of anilines is 1. The van der Waals surface area contributed by atoms with Gasteiger partial charge < -0.3 is 20.3 Å². The highest BCUT2D eigenvalue weighted by Gasteiger charge is 2.19. The number of phenolic OH excluding ortho intramolecular Hbond substituents is 1. The number of aromatic nitrogens is 3. The maximum absolute atomic E-state index is 12.3. The lowest BCUT2D eigenvalue weighted by Crippen LogP contribution is -2.28. The minimum Gasteiger partial charge on any atom is -0.502 e. The summed E-state index contributed by atoms with van der Waals surface area (Å²) >= 11 is 1.12. The van der Waals surface area contributed by atoms with Crippen molar-refractivity contribution in [1.29, 1.82) is 0 Å². The van der Waals surface area contributed by atoms with Gasteiger partial charge in [0.25, 0.3) is 5.91 Å². The summed E-state index contributed by atoms with van der Waals surface area (Å²) < 4.78 is 1.68. The van der Waals surface area contributed by atoms with E-state index in [1.54, 1.807) is 42.8 Å². The first-order valence-electron chi connectivity index (χ1n) is 9.41. The molecule has 0 radical (unpaired) electrons. The van der Waals surface area contributed by atoms with E-state index in [9.17, 15) is 24.8 Å². The van der Waals surface area contributed by atoms with Gasteiger partial charge in [-0.1, -0.05) is 30.0 Å². The number of nitro benzene ring substituents is 1. The number of aromatic hydroxyl groups is 1. The molecular formula is C20H20N6O5S. The molecule has 0 aliphatic heterocycles. The number of rotatable bonds is 8. The van der Waals surface area contributed by atoms with Gasteiger partial charge in [0.1, 0.15) is 0 Å². The van der Waals surface area contributed by atoms with E-state index in [1.807, 2.05) is 6.07 Å². The van der Waals surface area contributed by atoms with Crippen LogP contribution in [0.15, 0.2) is 53.7 Å². The number of thioether (sulfide) groups is 1. The van der Waals surface area contributed by atoms with Crippen molar-refractivity contribution in [3.05, 3.63) is 70.0 Å². The highest BCUT2D eigenvalue weighted by molar-refractivity contribution is 7.99. The van der Waals surface area contributed by atoms with E-state index in [4.69, 9.17) is 0 Å². The highest BCUT2D eigenvalue weighted by Crippen LogP contribution is 2.28. The van der Waals surface area contributed by atoms with E-state index >= 15 is 0 Å². The molecule has 3 N–H and O–H groups in total. The van der Waals surface area contributed by atoms with Gasteiger partial charge in [-0.25, -0.2) is 0 Å². The van der Waals surface area contributed by atoms with E-state index in [0.717, 1.165) is 23.9 Å². The molecule has 0 aliphatic rings. The molecule has 1 atom stereocenters. The smallest absolute Gasteiger partial charge is 0.312 e. The van der Waals surface area contributed by atoms with Crippen LogP contribution in [0.4, 0.5) is 11.4 Å². The van der Waals surface area contributed by atoms with Crippen molar-refractivity contribution >= 4 is 35.0 Å². The second kappa shape index (κ2) is 9.92. The molecule has 2 aromatic carbocycles. The first-order chi connectivity index (χ1) is 15.3. The topological polar surface area (TPSA) is 152 Å². The molecule has 0 spiro atoms. The summed E-state index contributed by atoms with van der Waals surface area (Å²) in [5, 5.41) is 34.4. The minimum absolute atomic E-state index is 0.0224. The van der Waals surface area contributed by atoms with Crippen molar-refractivity contribution in [3.8, 4) is 5.75 Å². The quantitative estimate of drug-likeness (QED) is 0.202. The number of phenols is 1. The Morgan fingerprint density at radius 3 is 2.62 bits per heavy atom. The van der Waals surface area contributed by atoms with Gasteiger partial charge >= 0.3 is 5.69 Å². The van der Waals surface area contributed by atoms with Crippen LogP contribution < -0.4 is 10.6 Å². The summed E-state index contributed by atoms with van der Waals surface area (Å²) in [6, 6.07) is 12.0. The molecule has 166 valence electrons. The van der Waals surface area contributed by atoms with Crippen molar-refractivity contribution in [2.24, 2.45) is 7.05 Å². The largest absolute Gasteiger partial charge is 0.502 e. The van der Waals surface area contributed by atoms with Gasteiger partial charge in [-0.05, 0) is 31.2 Å². The van der Waals surface area contributed by atoms with Crippen LogP contribution in [0.5, 0.6) is 5.75 Å². The zero-order chi connectivity index (χ0) is 23.3. The third kappa shape index (κ3) is 5.40. The van der Waals surface area contributed by atoms with Crippen LogP contribution in [-0.4, -0.2) is 42.4 Å². The van der Waals surface area contributed by atoms with Gasteiger partial charge in [0.2, 0.25) is 5.91 Å². The summed E-state index contributed by atoms with van der Waals surface area (Å²) in [6.07, 6.45) is 0. The molecule has 3 aromatic rings. The number of carbonyl (C=O) groups excluding carboxylic acids is 2. The average Bonchev–Trinajstić information content (AvgIpc) is 3.14. The summed E-state index contributed by atoms with van der Waals surface area (Å²) in [7, 11) is 1.73. The Morgan fingerprint density at radius 2 is 1.94 bits per heavy atom. The number of nitrogens with one attached hydrogen (secondary N) is 2. The zero-order valence-corrected chi connectivity index (χ0v) is 18.0. The molecule has 0 saturated heterocycles. The van der Waals surface area contributed by atoms with E-state index in [0.29, 0.717) is 16.5 Å². The molecule has 1 heterocycles. The van der Waals surface area contributed by atoms with E-state index in [1.165, 1.54) is 6.07 Å². The number of carbonyl (C=O) groups is 2. The molecular weight excluding hydrogens is 436 g/mol. The highest BCUT2D eigenvalue weighted by atomic mass is 32.2. The lowest BCUT2D eigenvalue weighted by Gasteiger charge is -2.13. The monoisotopic (exact) mass is 456 g/mol. The second-order valence-corrected chi connectivity index (χ2v) is 7.70. The third-order valence-corrected chi connectivity index (χ3v) is 5.45. The fourth-order valence-electron chi connectivity index (χ4n) is 2.84.